The lowest BCUT2D eigenvalue weighted by molar-refractivity contribution is -0.130. The number of carbonyl (C=O) groups is 1. The quantitative estimate of drug-likeness (QED) is 0.818. The summed E-state index contributed by atoms with van der Waals surface area (Å²) in [5, 5.41) is 6.17. The molecular formula is C21H24N2O3. The second kappa shape index (κ2) is 7.60. The number of hydrazone groups is 1. The Labute approximate surface area is 154 Å². The molecule has 1 aliphatic rings. The van der Waals surface area contributed by atoms with Gasteiger partial charge in [0.15, 0.2) is 11.5 Å². The van der Waals surface area contributed by atoms with Gasteiger partial charge in [-0.2, -0.15) is 5.10 Å². The molecule has 1 atom stereocenters. The molecule has 1 unspecified atom stereocenters. The van der Waals surface area contributed by atoms with Gasteiger partial charge in [0, 0.05) is 18.9 Å². The fraction of sp³-hybridized carbons (Fsp3) is 0.333. The first kappa shape index (κ1) is 18.0. The van der Waals surface area contributed by atoms with Gasteiger partial charge >= 0.3 is 0 Å². The van der Waals surface area contributed by atoms with Gasteiger partial charge < -0.3 is 9.47 Å². The van der Waals surface area contributed by atoms with Gasteiger partial charge in [0.25, 0.3) is 0 Å². The second-order valence-electron chi connectivity index (χ2n) is 6.30. The zero-order chi connectivity index (χ0) is 18.7. The van der Waals surface area contributed by atoms with Crippen molar-refractivity contribution in [2.45, 2.75) is 32.7 Å². The minimum atomic E-state index is -0.0819. The molecule has 0 aromatic heterocycles. The van der Waals surface area contributed by atoms with E-state index in [9.17, 15) is 4.79 Å². The van der Waals surface area contributed by atoms with Crippen LogP contribution in [-0.2, 0) is 11.2 Å². The number of ether oxygens (including phenoxy) is 2. The van der Waals surface area contributed by atoms with Crippen LogP contribution < -0.4 is 9.47 Å². The molecule has 0 radical (unpaired) electrons. The zero-order valence-corrected chi connectivity index (χ0v) is 15.7. The van der Waals surface area contributed by atoms with Gasteiger partial charge in [0.05, 0.1) is 26.0 Å². The van der Waals surface area contributed by atoms with Crippen LogP contribution >= 0.6 is 0 Å². The van der Waals surface area contributed by atoms with Crippen molar-refractivity contribution in [3.05, 3.63) is 59.2 Å². The molecule has 0 aliphatic carbocycles. The predicted octanol–water partition coefficient (Wildman–Crippen LogP) is 3.96. The van der Waals surface area contributed by atoms with E-state index in [0.29, 0.717) is 17.9 Å². The van der Waals surface area contributed by atoms with Crippen molar-refractivity contribution in [3.8, 4) is 11.5 Å². The molecule has 1 amide bonds. The number of hydrogen-bond donors (Lipinski definition) is 0. The number of amides is 1. The van der Waals surface area contributed by atoms with Gasteiger partial charge in [-0.05, 0) is 35.7 Å². The van der Waals surface area contributed by atoms with E-state index in [1.165, 1.54) is 5.56 Å². The fourth-order valence-corrected chi connectivity index (χ4v) is 3.23. The summed E-state index contributed by atoms with van der Waals surface area (Å²) in [7, 11) is 3.22. The summed E-state index contributed by atoms with van der Waals surface area (Å²) in [5.74, 6) is 1.26. The van der Waals surface area contributed by atoms with Crippen LogP contribution in [0.15, 0.2) is 47.6 Å². The third-order valence-electron chi connectivity index (χ3n) is 4.72. The Morgan fingerprint density at radius 3 is 2.38 bits per heavy atom. The van der Waals surface area contributed by atoms with Crippen molar-refractivity contribution in [3.63, 3.8) is 0 Å². The van der Waals surface area contributed by atoms with Crippen LogP contribution in [0.4, 0.5) is 0 Å². The number of rotatable bonds is 5. The summed E-state index contributed by atoms with van der Waals surface area (Å²) < 4.78 is 10.7. The standard InChI is InChI=1S/C21H24N2O3/c1-5-15-6-8-16(9-7-15)19-13-18(22-23(19)14(2)24)17-10-11-20(25-3)21(12-17)26-4/h6-12,19H,5,13H2,1-4H3. The van der Waals surface area contributed by atoms with E-state index in [1.54, 1.807) is 26.2 Å². The summed E-state index contributed by atoms with van der Waals surface area (Å²) in [4.78, 5) is 12.1. The van der Waals surface area contributed by atoms with Crippen molar-refractivity contribution < 1.29 is 14.3 Å². The highest BCUT2D eigenvalue weighted by molar-refractivity contribution is 6.03. The monoisotopic (exact) mass is 352 g/mol. The third-order valence-corrected chi connectivity index (χ3v) is 4.72. The van der Waals surface area contributed by atoms with Crippen molar-refractivity contribution >= 4 is 11.6 Å². The Kier molecular flexibility index (Phi) is 5.26. The van der Waals surface area contributed by atoms with Crippen LogP contribution in [-0.4, -0.2) is 30.8 Å². The lowest BCUT2D eigenvalue weighted by Gasteiger charge is -2.20. The first-order chi connectivity index (χ1) is 12.6. The first-order valence-electron chi connectivity index (χ1n) is 8.75. The fourth-order valence-electron chi connectivity index (χ4n) is 3.23. The molecule has 5 heteroatoms. The van der Waals surface area contributed by atoms with Gasteiger partial charge in [-0.15, -0.1) is 0 Å². The highest BCUT2D eigenvalue weighted by Gasteiger charge is 2.31. The summed E-state index contributed by atoms with van der Waals surface area (Å²) in [6.07, 6.45) is 1.66. The molecule has 1 heterocycles. The summed E-state index contributed by atoms with van der Waals surface area (Å²) in [5.41, 5.74) is 4.17. The maximum atomic E-state index is 12.1. The van der Waals surface area contributed by atoms with Crippen LogP contribution in [0.5, 0.6) is 11.5 Å². The van der Waals surface area contributed by atoms with Crippen LogP contribution in [0.2, 0.25) is 0 Å². The molecule has 0 fully saturated rings. The molecule has 2 aromatic rings. The highest BCUT2D eigenvalue weighted by Crippen LogP contribution is 2.35. The number of nitrogens with zero attached hydrogens (tertiary/aromatic N) is 2. The minimum absolute atomic E-state index is 0.0648. The number of benzene rings is 2. The lowest BCUT2D eigenvalue weighted by Crippen LogP contribution is -2.24. The van der Waals surface area contributed by atoms with E-state index in [0.717, 1.165) is 23.3 Å². The van der Waals surface area contributed by atoms with Gasteiger partial charge in [-0.25, -0.2) is 5.01 Å². The second-order valence-corrected chi connectivity index (χ2v) is 6.30. The van der Waals surface area contributed by atoms with Crippen LogP contribution in [0.25, 0.3) is 0 Å². The van der Waals surface area contributed by atoms with Gasteiger partial charge in [-0.3, -0.25) is 4.79 Å². The normalized spacial score (nSPS) is 16.4. The molecule has 0 saturated heterocycles. The van der Waals surface area contributed by atoms with Gasteiger partial charge in [0.2, 0.25) is 5.91 Å². The first-order valence-corrected chi connectivity index (χ1v) is 8.75. The molecule has 0 saturated carbocycles. The summed E-state index contributed by atoms with van der Waals surface area (Å²) in [6, 6.07) is 14.0. The Morgan fingerprint density at radius 2 is 1.81 bits per heavy atom. The van der Waals surface area contributed by atoms with Crippen LogP contribution in [0.3, 0.4) is 0 Å². The molecule has 5 nitrogen and oxygen atoms in total. The Balaban J connectivity index is 1.92. The Hall–Kier alpha value is -2.82. The maximum absolute atomic E-state index is 12.1. The number of methoxy groups -OCH3 is 2. The smallest absolute Gasteiger partial charge is 0.240 e. The average Bonchev–Trinajstić information content (AvgIpc) is 3.13. The third kappa shape index (κ3) is 3.43. The van der Waals surface area contributed by atoms with Gasteiger partial charge in [0.1, 0.15) is 0 Å². The van der Waals surface area contributed by atoms with Crippen molar-refractivity contribution in [2.75, 3.05) is 14.2 Å². The molecule has 0 bridgehead atoms. The summed E-state index contributed by atoms with van der Waals surface area (Å²) in [6.45, 7) is 3.68. The largest absolute Gasteiger partial charge is 0.493 e. The summed E-state index contributed by atoms with van der Waals surface area (Å²) >= 11 is 0. The molecule has 0 spiro atoms. The SMILES string of the molecule is CCc1ccc(C2CC(c3ccc(OC)c(OC)c3)=NN2C(C)=O)cc1. The van der Waals surface area contributed by atoms with E-state index >= 15 is 0 Å². The molecule has 3 rings (SSSR count). The number of hydrogen-bond acceptors (Lipinski definition) is 4. The molecule has 136 valence electrons. The Bertz CT molecular complexity index is 828. The van der Waals surface area contributed by atoms with E-state index in [4.69, 9.17) is 9.47 Å². The molecular weight excluding hydrogens is 328 g/mol. The molecule has 0 N–H and O–H groups in total. The van der Waals surface area contributed by atoms with E-state index < -0.39 is 0 Å². The minimum Gasteiger partial charge on any atom is -0.493 e. The van der Waals surface area contributed by atoms with Crippen LogP contribution in [0, 0.1) is 0 Å². The number of carbonyl (C=O) groups excluding carboxylic acids is 1. The van der Waals surface area contributed by atoms with Crippen molar-refractivity contribution in [1.82, 2.24) is 5.01 Å². The average molecular weight is 352 g/mol. The predicted molar refractivity (Wildman–Crippen MR) is 102 cm³/mol. The Morgan fingerprint density at radius 1 is 1.12 bits per heavy atom. The number of aryl methyl sites for hydroxylation is 1. The lowest BCUT2D eigenvalue weighted by atomic mass is 9.97. The molecule has 26 heavy (non-hydrogen) atoms. The van der Waals surface area contributed by atoms with Crippen molar-refractivity contribution in [1.29, 1.82) is 0 Å². The van der Waals surface area contributed by atoms with E-state index in [2.05, 4.69) is 36.3 Å². The zero-order valence-electron chi connectivity index (χ0n) is 15.7. The van der Waals surface area contributed by atoms with E-state index in [1.807, 2.05) is 18.2 Å². The maximum Gasteiger partial charge on any atom is 0.240 e. The van der Waals surface area contributed by atoms with E-state index in [-0.39, 0.29) is 11.9 Å². The highest BCUT2D eigenvalue weighted by atomic mass is 16.5. The van der Waals surface area contributed by atoms with Gasteiger partial charge in [-0.1, -0.05) is 31.2 Å². The molecule has 2 aromatic carbocycles. The topological polar surface area (TPSA) is 51.1 Å². The molecule has 1 aliphatic heterocycles. The van der Waals surface area contributed by atoms with Crippen molar-refractivity contribution in [2.24, 2.45) is 5.10 Å². The van der Waals surface area contributed by atoms with Crippen LogP contribution in [0.1, 0.15) is 43.0 Å².